The number of nitrogens with one attached hydrogen (secondary N) is 1. The van der Waals surface area contributed by atoms with Crippen molar-refractivity contribution in [1.82, 2.24) is 0 Å². The van der Waals surface area contributed by atoms with Gasteiger partial charge in [0.15, 0.2) is 0 Å². The van der Waals surface area contributed by atoms with E-state index in [1.54, 1.807) is 12.1 Å². The van der Waals surface area contributed by atoms with Crippen LogP contribution in [-0.4, -0.2) is 4.92 Å². The van der Waals surface area contributed by atoms with E-state index >= 15 is 0 Å². The van der Waals surface area contributed by atoms with Gasteiger partial charge in [0.1, 0.15) is 18.0 Å². The first-order chi connectivity index (χ1) is 9.61. The van der Waals surface area contributed by atoms with E-state index < -0.39 is 4.92 Å². The van der Waals surface area contributed by atoms with Gasteiger partial charge in [0.05, 0.1) is 4.92 Å². The van der Waals surface area contributed by atoms with Crippen molar-refractivity contribution >= 4 is 34.0 Å². The summed E-state index contributed by atoms with van der Waals surface area (Å²) in [6.07, 6.45) is 0. The average molecular weight is 385 g/mol. The van der Waals surface area contributed by atoms with E-state index in [1.165, 1.54) is 6.07 Å². The second kappa shape index (κ2) is 6.53. The summed E-state index contributed by atoms with van der Waals surface area (Å²) in [6.45, 7) is 0.196. The molecule has 0 radical (unpaired) electrons. The van der Waals surface area contributed by atoms with Gasteiger partial charge in [0, 0.05) is 15.2 Å². The first-order valence-corrected chi connectivity index (χ1v) is 6.81. The molecule has 0 bridgehead atoms. The molecule has 2 aromatic rings. The monoisotopic (exact) mass is 385 g/mol. The van der Waals surface area contributed by atoms with Crippen LogP contribution in [0.2, 0.25) is 0 Å². The molecule has 104 valence electrons. The Hall–Kier alpha value is -1.87. The van der Waals surface area contributed by atoms with Crippen molar-refractivity contribution in [2.75, 3.05) is 5.43 Å². The standard InChI is InChI=1S/C13H12IN3O3/c14-10-4-2-5-11(7-10)20-8-9-3-1-6-12(17(18)19)13(9)16-15/h1-7,16H,8,15H2. The van der Waals surface area contributed by atoms with Gasteiger partial charge in [0.25, 0.3) is 5.69 Å². The normalized spacial score (nSPS) is 10.1. The number of hydrogen-bond donors (Lipinski definition) is 2. The van der Waals surface area contributed by atoms with Crippen LogP contribution < -0.4 is 16.0 Å². The van der Waals surface area contributed by atoms with Crippen molar-refractivity contribution in [3.8, 4) is 5.75 Å². The van der Waals surface area contributed by atoms with Gasteiger partial charge in [-0.2, -0.15) is 0 Å². The van der Waals surface area contributed by atoms with Gasteiger partial charge < -0.3 is 10.2 Å². The number of hydrazine groups is 1. The molecule has 0 saturated carbocycles. The maximum atomic E-state index is 10.9. The fourth-order valence-corrected chi connectivity index (χ4v) is 2.26. The summed E-state index contributed by atoms with van der Waals surface area (Å²) >= 11 is 2.19. The molecule has 2 rings (SSSR count). The molecule has 0 unspecified atom stereocenters. The Morgan fingerprint density at radius 3 is 2.70 bits per heavy atom. The molecular weight excluding hydrogens is 373 g/mol. The quantitative estimate of drug-likeness (QED) is 0.357. The lowest BCUT2D eigenvalue weighted by molar-refractivity contribution is -0.384. The number of ether oxygens (including phenoxy) is 1. The fourth-order valence-electron chi connectivity index (χ4n) is 1.74. The SMILES string of the molecule is NNc1c(COc2cccc(I)c2)cccc1[N+](=O)[O-]. The molecular formula is C13H12IN3O3. The lowest BCUT2D eigenvalue weighted by Crippen LogP contribution is -2.12. The number of benzene rings is 2. The number of nitrogens with two attached hydrogens (primary N) is 1. The minimum absolute atomic E-state index is 0.0729. The maximum Gasteiger partial charge on any atom is 0.294 e. The number of hydrogen-bond acceptors (Lipinski definition) is 5. The van der Waals surface area contributed by atoms with Gasteiger partial charge in [-0.1, -0.05) is 18.2 Å². The third-order valence-electron chi connectivity index (χ3n) is 2.66. The molecule has 20 heavy (non-hydrogen) atoms. The first kappa shape index (κ1) is 14.5. The number of nitrogen functional groups attached to an aromatic ring is 1. The summed E-state index contributed by atoms with van der Waals surface area (Å²) < 4.78 is 6.68. The van der Waals surface area contributed by atoms with Crippen LogP contribution in [0.1, 0.15) is 5.56 Å². The second-order valence-corrected chi connectivity index (χ2v) is 5.20. The highest BCUT2D eigenvalue weighted by Gasteiger charge is 2.16. The van der Waals surface area contributed by atoms with E-state index in [0.29, 0.717) is 11.3 Å². The van der Waals surface area contributed by atoms with Crippen molar-refractivity contribution in [2.24, 2.45) is 5.84 Å². The van der Waals surface area contributed by atoms with Crippen molar-refractivity contribution in [1.29, 1.82) is 0 Å². The van der Waals surface area contributed by atoms with Crippen LogP contribution in [-0.2, 0) is 6.61 Å². The highest BCUT2D eigenvalue weighted by Crippen LogP contribution is 2.28. The van der Waals surface area contributed by atoms with Gasteiger partial charge in [-0.05, 0) is 40.8 Å². The Morgan fingerprint density at radius 1 is 1.30 bits per heavy atom. The Kier molecular flexibility index (Phi) is 4.74. The molecule has 0 aromatic heterocycles. The van der Waals surface area contributed by atoms with E-state index in [4.69, 9.17) is 10.6 Å². The molecule has 7 heteroatoms. The molecule has 0 aliphatic carbocycles. The number of nitro groups is 1. The van der Waals surface area contributed by atoms with Crippen LogP contribution in [0, 0.1) is 13.7 Å². The zero-order valence-electron chi connectivity index (χ0n) is 10.4. The Balaban J connectivity index is 2.21. The molecule has 0 fully saturated rings. The fraction of sp³-hybridized carbons (Fsp3) is 0.0769. The minimum Gasteiger partial charge on any atom is -0.489 e. The van der Waals surface area contributed by atoms with E-state index in [1.807, 2.05) is 24.3 Å². The van der Waals surface area contributed by atoms with Gasteiger partial charge in [0.2, 0.25) is 0 Å². The maximum absolute atomic E-state index is 10.9. The lowest BCUT2D eigenvalue weighted by atomic mass is 10.1. The van der Waals surface area contributed by atoms with Gasteiger partial charge >= 0.3 is 0 Å². The van der Waals surface area contributed by atoms with Crippen molar-refractivity contribution < 1.29 is 9.66 Å². The molecule has 0 aliphatic heterocycles. The molecule has 0 aliphatic rings. The average Bonchev–Trinajstić information content (AvgIpc) is 2.44. The van der Waals surface area contributed by atoms with E-state index in [2.05, 4.69) is 28.0 Å². The van der Waals surface area contributed by atoms with Crippen LogP contribution in [0.25, 0.3) is 0 Å². The predicted octanol–water partition coefficient (Wildman–Crippen LogP) is 3.06. The molecule has 2 aromatic carbocycles. The van der Waals surface area contributed by atoms with E-state index in [-0.39, 0.29) is 18.0 Å². The third-order valence-corrected chi connectivity index (χ3v) is 3.33. The van der Waals surface area contributed by atoms with Crippen LogP contribution in [0.5, 0.6) is 5.75 Å². The molecule has 0 heterocycles. The van der Waals surface area contributed by atoms with E-state index in [0.717, 1.165) is 3.57 Å². The molecule has 0 amide bonds. The number of nitrogens with zero attached hydrogens (tertiary/aromatic N) is 1. The largest absolute Gasteiger partial charge is 0.489 e. The second-order valence-electron chi connectivity index (χ2n) is 3.96. The zero-order valence-corrected chi connectivity index (χ0v) is 12.5. The smallest absolute Gasteiger partial charge is 0.294 e. The van der Waals surface area contributed by atoms with Gasteiger partial charge in [-0.3, -0.25) is 16.0 Å². The Bertz CT molecular complexity index is 634. The van der Waals surface area contributed by atoms with Crippen molar-refractivity contribution in [3.63, 3.8) is 0 Å². The Morgan fingerprint density at radius 2 is 2.05 bits per heavy atom. The lowest BCUT2D eigenvalue weighted by Gasteiger charge is -2.11. The summed E-state index contributed by atoms with van der Waals surface area (Å²) in [4.78, 5) is 10.4. The van der Waals surface area contributed by atoms with Gasteiger partial charge in [-0.25, -0.2) is 0 Å². The van der Waals surface area contributed by atoms with Crippen LogP contribution in [0.15, 0.2) is 42.5 Å². The molecule has 6 nitrogen and oxygen atoms in total. The predicted molar refractivity (Wildman–Crippen MR) is 84.4 cm³/mol. The summed E-state index contributed by atoms with van der Waals surface area (Å²) in [6, 6.07) is 12.3. The van der Waals surface area contributed by atoms with Crippen LogP contribution in [0.4, 0.5) is 11.4 Å². The summed E-state index contributed by atoms with van der Waals surface area (Å²) in [7, 11) is 0. The van der Waals surface area contributed by atoms with Crippen LogP contribution in [0.3, 0.4) is 0 Å². The molecule has 3 N–H and O–H groups in total. The number of halogens is 1. The summed E-state index contributed by atoms with van der Waals surface area (Å²) in [5, 5.41) is 10.9. The Labute approximate surface area is 129 Å². The number of nitro benzene ring substituents is 1. The van der Waals surface area contributed by atoms with Gasteiger partial charge in [-0.15, -0.1) is 0 Å². The number of anilines is 1. The minimum atomic E-state index is -0.482. The number of rotatable bonds is 5. The molecule has 0 atom stereocenters. The van der Waals surface area contributed by atoms with Crippen LogP contribution >= 0.6 is 22.6 Å². The first-order valence-electron chi connectivity index (χ1n) is 5.73. The highest BCUT2D eigenvalue weighted by molar-refractivity contribution is 14.1. The molecule has 0 saturated heterocycles. The topological polar surface area (TPSA) is 90.4 Å². The van der Waals surface area contributed by atoms with Crippen molar-refractivity contribution in [2.45, 2.75) is 6.61 Å². The molecule has 0 spiro atoms. The summed E-state index contributed by atoms with van der Waals surface area (Å²) in [5.74, 6) is 6.07. The number of para-hydroxylation sites is 1. The van der Waals surface area contributed by atoms with E-state index in [9.17, 15) is 10.1 Å². The van der Waals surface area contributed by atoms with Crippen molar-refractivity contribution in [3.05, 3.63) is 61.7 Å². The third kappa shape index (κ3) is 3.36. The zero-order chi connectivity index (χ0) is 14.5. The summed E-state index contributed by atoms with van der Waals surface area (Å²) in [5.41, 5.74) is 3.19. The highest BCUT2D eigenvalue weighted by atomic mass is 127.